The molecule has 2 amide bonds. The van der Waals surface area contributed by atoms with Gasteiger partial charge in [-0.25, -0.2) is 0 Å². The highest BCUT2D eigenvalue weighted by Gasteiger charge is 2.31. The van der Waals surface area contributed by atoms with Crippen LogP contribution in [0.5, 0.6) is 11.5 Å². The zero-order chi connectivity index (χ0) is 26.1. The molecular formula is C29H33ClN2O4. The van der Waals surface area contributed by atoms with Crippen LogP contribution in [0, 0.1) is 6.92 Å². The second-order valence-electron chi connectivity index (χ2n) is 8.94. The molecule has 0 bridgehead atoms. The number of carbonyl (C=O) groups is 2. The van der Waals surface area contributed by atoms with Crippen molar-refractivity contribution in [2.75, 3.05) is 13.7 Å². The van der Waals surface area contributed by atoms with Crippen molar-refractivity contribution in [2.45, 2.75) is 45.8 Å². The molecule has 0 aliphatic heterocycles. The van der Waals surface area contributed by atoms with Gasteiger partial charge in [-0.1, -0.05) is 54.1 Å². The van der Waals surface area contributed by atoms with Crippen LogP contribution in [0.2, 0.25) is 5.02 Å². The number of aryl methyl sites for hydroxylation is 1. The summed E-state index contributed by atoms with van der Waals surface area (Å²) >= 11 is 6.12. The van der Waals surface area contributed by atoms with Crippen LogP contribution in [-0.4, -0.2) is 42.5 Å². The quantitative estimate of drug-likeness (QED) is 0.386. The molecule has 0 fully saturated rings. The molecule has 0 aliphatic carbocycles. The van der Waals surface area contributed by atoms with Gasteiger partial charge in [-0.3, -0.25) is 9.59 Å². The molecule has 7 heteroatoms. The minimum Gasteiger partial charge on any atom is -0.497 e. The van der Waals surface area contributed by atoms with Gasteiger partial charge < -0.3 is 19.7 Å². The highest BCUT2D eigenvalue weighted by molar-refractivity contribution is 6.31. The van der Waals surface area contributed by atoms with Gasteiger partial charge in [0.25, 0.3) is 5.91 Å². The molecule has 0 unspecified atom stereocenters. The van der Waals surface area contributed by atoms with Crippen molar-refractivity contribution in [3.63, 3.8) is 0 Å². The third kappa shape index (κ3) is 7.75. The van der Waals surface area contributed by atoms with E-state index in [0.717, 1.165) is 16.7 Å². The number of benzene rings is 3. The van der Waals surface area contributed by atoms with Crippen LogP contribution < -0.4 is 14.8 Å². The fraction of sp³-hybridized carbons (Fsp3) is 0.310. The molecule has 0 radical (unpaired) electrons. The Labute approximate surface area is 218 Å². The highest BCUT2D eigenvalue weighted by atomic mass is 35.5. The second-order valence-corrected chi connectivity index (χ2v) is 9.35. The van der Waals surface area contributed by atoms with Crippen LogP contribution >= 0.6 is 11.6 Å². The molecule has 0 heterocycles. The van der Waals surface area contributed by atoms with Gasteiger partial charge in [-0.05, 0) is 67.8 Å². The Morgan fingerprint density at radius 1 is 0.944 bits per heavy atom. The van der Waals surface area contributed by atoms with Crippen molar-refractivity contribution in [1.29, 1.82) is 0 Å². The number of halogens is 1. The number of nitrogens with one attached hydrogen (secondary N) is 1. The Kier molecular flexibility index (Phi) is 9.77. The molecule has 3 aromatic carbocycles. The zero-order valence-corrected chi connectivity index (χ0v) is 21.9. The van der Waals surface area contributed by atoms with Gasteiger partial charge in [0.2, 0.25) is 5.91 Å². The van der Waals surface area contributed by atoms with E-state index in [4.69, 9.17) is 21.1 Å². The standard InChI is InChI=1S/C29H33ClN2O4/c1-20(2)31-29(34)27(17-22-9-6-5-7-10-22)32(18-23-11-8-12-24(16-23)35-4)28(33)19-36-25-13-14-26(30)21(3)15-25/h5-16,20,27H,17-19H2,1-4H3,(H,31,34)/t27-/m0/s1. The van der Waals surface area contributed by atoms with Gasteiger partial charge in [0.05, 0.1) is 7.11 Å². The molecule has 0 aromatic heterocycles. The molecule has 1 N–H and O–H groups in total. The highest BCUT2D eigenvalue weighted by Crippen LogP contribution is 2.22. The van der Waals surface area contributed by atoms with Crippen molar-refractivity contribution < 1.29 is 19.1 Å². The van der Waals surface area contributed by atoms with Crippen molar-refractivity contribution >= 4 is 23.4 Å². The van der Waals surface area contributed by atoms with Gasteiger partial charge in [-0.2, -0.15) is 0 Å². The molecule has 190 valence electrons. The lowest BCUT2D eigenvalue weighted by Crippen LogP contribution is -2.52. The lowest BCUT2D eigenvalue weighted by molar-refractivity contribution is -0.143. The Hall–Kier alpha value is -3.51. The molecule has 1 atom stereocenters. The number of rotatable bonds is 11. The molecular weight excluding hydrogens is 476 g/mol. The first kappa shape index (κ1) is 27.1. The number of methoxy groups -OCH3 is 1. The lowest BCUT2D eigenvalue weighted by atomic mass is 10.0. The number of ether oxygens (including phenoxy) is 2. The van der Waals surface area contributed by atoms with Crippen LogP contribution in [0.4, 0.5) is 0 Å². The number of hydrogen-bond donors (Lipinski definition) is 1. The van der Waals surface area contributed by atoms with E-state index in [-0.39, 0.29) is 31.0 Å². The summed E-state index contributed by atoms with van der Waals surface area (Å²) in [5, 5.41) is 3.61. The maximum Gasteiger partial charge on any atom is 0.261 e. The van der Waals surface area contributed by atoms with Gasteiger partial charge in [0, 0.05) is 24.0 Å². The summed E-state index contributed by atoms with van der Waals surface area (Å²) in [6.07, 6.45) is 0.370. The van der Waals surface area contributed by atoms with Crippen LogP contribution in [0.1, 0.15) is 30.5 Å². The van der Waals surface area contributed by atoms with Gasteiger partial charge in [0.15, 0.2) is 6.61 Å². The van der Waals surface area contributed by atoms with Crippen LogP contribution in [0.25, 0.3) is 0 Å². The minimum atomic E-state index is -0.732. The summed E-state index contributed by atoms with van der Waals surface area (Å²) in [6.45, 7) is 5.68. The molecule has 0 saturated heterocycles. The Morgan fingerprint density at radius 3 is 2.33 bits per heavy atom. The zero-order valence-electron chi connectivity index (χ0n) is 21.2. The summed E-state index contributed by atoms with van der Waals surface area (Å²) in [5.41, 5.74) is 2.66. The normalized spacial score (nSPS) is 11.6. The summed E-state index contributed by atoms with van der Waals surface area (Å²) in [6, 6.07) is 21.6. The number of nitrogens with zero attached hydrogens (tertiary/aromatic N) is 1. The summed E-state index contributed by atoms with van der Waals surface area (Å²) in [7, 11) is 1.60. The van der Waals surface area contributed by atoms with E-state index in [0.29, 0.717) is 22.9 Å². The Bertz CT molecular complexity index is 1170. The van der Waals surface area contributed by atoms with E-state index < -0.39 is 6.04 Å². The first-order valence-corrected chi connectivity index (χ1v) is 12.3. The first-order valence-electron chi connectivity index (χ1n) is 11.9. The van der Waals surface area contributed by atoms with E-state index >= 15 is 0 Å². The summed E-state index contributed by atoms with van der Waals surface area (Å²) in [5.74, 6) is 0.703. The van der Waals surface area contributed by atoms with E-state index in [9.17, 15) is 9.59 Å². The molecule has 6 nitrogen and oxygen atoms in total. The Morgan fingerprint density at radius 2 is 1.67 bits per heavy atom. The second kappa shape index (κ2) is 13.0. The fourth-order valence-corrected chi connectivity index (χ4v) is 3.95. The van der Waals surface area contributed by atoms with Crippen LogP contribution in [0.3, 0.4) is 0 Å². The molecule has 36 heavy (non-hydrogen) atoms. The monoisotopic (exact) mass is 508 g/mol. The molecule has 0 aliphatic rings. The number of carbonyl (C=O) groups excluding carboxylic acids is 2. The van der Waals surface area contributed by atoms with Crippen molar-refractivity contribution in [1.82, 2.24) is 10.2 Å². The number of amides is 2. The van der Waals surface area contributed by atoms with E-state index in [1.807, 2.05) is 75.4 Å². The predicted molar refractivity (Wildman–Crippen MR) is 142 cm³/mol. The van der Waals surface area contributed by atoms with Crippen molar-refractivity contribution in [2.24, 2.45) is 0 Å². The first-order chi connectivity index (χ1) is 17.3. The fourth-order valence-electron chi connectivity index (χ4n) is 3.84. The number of hydrogen-bond acceptors (Lipinski definition) is 4. The third-order valence-electron chi connectivity index (χ3n) is 5.68. The van der Waals surface area contributed by atoms with Crippen molar-refractivity contribution in [3.8, 4) is 11.5 Å². The van der Waals surface area contributed by atoms with Crippen LogP contribution in [-0.2, 0) is 22.6 Å². The summed E-state index contributed by atoms with van der Waals surface area (Å²) in [4.78, 5) is 28.6. The van der Waals surface area contributed by atoms with Crippen LogP contribution in [0.15, 0.2) is 72.8 Å². The van der Waals surface area contributed by atoms with E-state index in [1.54, 1.807) is 30.2 Å². The van der Waals surface area contributed by atoms with E-state index in [2.05, 4.69) is 5.32 Å². The van der Waals surface area contributed by atoms with Gasteiger partial charge in [0.1, 0.15) is 17.5 Å². The lowest BCUT2D eigenvalue weighted by Gasteiger charge is -2.32. The SMILES string of the molecule is COc1cccc(CN(C(=O)COc2ccc(Cl)c(C)c2)[C@@H](Cc2ccccc2)C(=O)NC(C)C)c1. The Balaban J connectivity index is 1.92. The third-order valence-corrected chi connectivity index (χ3v) is 6.10. The van der Waals surface area contributed by atoms with Crippen molar-refractivity contribution in [3.05, 3.63) is 94.5 Å². The average Bonchev–Trinajstić information content (AvgIpc) is 2.87. The summed E-state index contributed by atoms with van der Waals surface area (Å²) < 4.78 is 11.2. The van der Waals surface area contributed by atoms with Gasteiger partial charge >= 0.3 is 0 Å². The predicted octanol–water partition coefficient (Wildman–Crippen LogP) is 5.20. The molecule has 3 aromatic rings. The van der Waals surface area contributed by atoms with E-state index in [1.165, 1.54) is 0 Å². The molecule has 3 rings (SSSR count). The maximum atomic E-state index is 13.6. The largest absolute Gasteiger partial charge is 0.497 e. The van der Waals surface area contributed by atoms with Gasteiger partial charge in [-0.15, -0.1) is 0 Å². The molecule has 0 saturated carbocycles. The maximum absolute atomic E-state index is 13.6. The topological polar surface area (TPSA) is 67.9 Å². The average molecular weight is 509 g/mol. The minimum absolute atomic E-state index is 0.0714. The molecule has 0 spiro atoms. The smallest absolute Gasteiger partial charge is 0.261 e.